The number of ether oxygens (including phenoxy) is 1. The standard InChI is InChI=1S/C16H16BrClN2O2S/c1-10-8-11(4-6-13(10)18)22-16(2,3)15(21)20-19-9-12-5-7-14(17)23-12/h4-9H,1-3H3,(H,20,21)/b19-9-. The van der Waals surface area contributed by atoms with Gasteiger partial charge in [-0.1, -0.05) is 11.6 Å². The number of aryl methyl sites for hydroxylation is 1. The molecule has 0 radical (unpaired) electrons. The van der Waals surface area contributed by atoms with E-state index in [1.807, 2.05) is 19.1 Å². The molecule has 0 bridgehead atoms. The molecule has 23 heavy (non-hydrogen) atoms. The highest BCUT2D eigenvalue weighted by Crippen LogP contribution is 2.24. The van der Waals surface area contributed by atoms with E-state index in [2.05, 4.69) is 26.5 Å². The summed E-state index contributed by atoms with van der Waals surface area (Å²) in [5.41, 5.74) is 2.33. The zero-order valence-electron chi connectivity index (χ0n) is 12.9. The zero-order chi connectivity index (χ0) is 17.0. The van der Waals surface area contributed by atoms with E-state index in [9.17, 15) is 4.79 Å². The molecule has 0 aliphatic heterocycles. The molecule has 2 aromatic rings. The van der Waals surface area contributed by atoms with E-state index in [1.54, 1.807) is 38.3 Å². The fourth-order valence-corrected chi connectivity index (χ4v) is 3.12. The van der Waals surface area contributed by atoms with Crippen molar-refractivity contribution in [1.29, 1.82) is 0 Å². The van der Waals surface area contributed by atoms with Gasteiger partial charge in [0.15, 0.2) is 5.60 Å². The lowest BCUT2D eigenvalue weighted by molar-refractivity contribution is -0.134. The fourth-order valence-electron chi connectivity index (χ4n) is 1.71. The summed E-state index contributed by atoms with van der Waals surface area (Å²) in [6.45, 7) is 5.25. The van der Waals surface area contributed by atoms with E-state index < -0.39 is 5.60 Å². The lowest BCUT2D eigenvalue weighted by atomic mass is 10.1. The Kier molecular flexibility index (Phi) is 5.84. The van der Waals surface area contributed by atoms with Crippen molar-refractivity contribution in [2.45, 2.75) is 26.4 Å². The van der Waals surface area contributed by atoms with Gasteiger partial charge in [-0.05, 0) is 72.6 Å². The molecule has 0 spiro atoms. The third-order valence-corrected chi connectivity index (χ3v) is 4.98. The molecule has 4 nitrogen and oxygen atoms in total. The van der Waals surface area contributed by atoms with Gasteiger partial charge in [0.1, 0.15) is 5.75 Å². The summed E-state index contributed by atoms with van der Waals surface area (Å²) in [5.74, 6) is 0.246. The largest absolute Gasteiger partial charge is 0.478 e. The highest BCUT2D eigenvalue weighted by molar-refractivity contribution is 9.11. The van der Waals surface area contributed by atoms with Gasteiger partial charge in [0.05, 0.1) is 10.0 Å². The van der Waals surface area contributed by atoms with Crippen molar-refractivity contribution in [3.8, 4) is 5.75 Å². The van der Waals surface area contributed by atoms with E-state index in [0.717, 1.165) is 14.2 Å². The van der Waals surface area contributed by atoms with Crippen molar-refractivity contribution < 1.29 is 9.53 Å². The molecule has 122 valence electrons. The van der Waals surface area contributed by atoms with Crippen LogP contribution in [0.25, 0.3) is 0 Å². The number of nitrogens with zero attached hydrogens (tertiary/aromatic N) is 1. The third-order valence-electron chi connectivity index (χ3n) is 3.00. The molecule has 1 amide bonds. The van der Waals surface area contributed by atoms with Crippen molar-refractivity contribution in [1.82, 2.24) is 5.43 Å². The molecule has 2 rings (SSSR count). The van der Waals surface area contributed by atoms with Crippen molar-refractivity contribution in [3.05, 3.63) is 49.6 Å². The number of hydrazone groups is 1. The Hall–Kier alpha value is -1.37. The molecule has 0 unspecified atom stereocenters. The summed E-state index contributed by atoms with van der Waals surface area (Å²) in [4.78, 5) is 13.2. The molecule has 1 N–H and O–H groups in total. The topological polar surface area (TPSA) is 50.7 Å². The van der Waals surface area contributed by atoms with Crippen LogP contribution in [0.4, 0.5) is 0 Å². The Bertz CT molecular complexity index is 743. The number of halogens is 2. The van der Waals surface area contributed by atoms with Crippen LogP contribution in [0, 0.1) is 6.92 Å². The summed E-state index contributed by atoms with van der Waals surface area (Å²) in [5, 5.41) is 4.62. The second kappa shape index (κ2) is 7.47. The molecule has 0 saturated carbocycles. The first-order valence-electron chi connectivity index (χ1n) is 6.82. The van der Waals surface area contributed by atoms with Gasteiger partial charge in [-0.15, -0.1) is 11.3 Å². The van der Waals surface area contributed by atoms with Crippen LogP contribution in [0.5, 0.6) is 5.75 Å². The van der Waals surface area contributed by atoms with Crippen molar-refractivity contribution >= 4 is 51.0 Å². The Balaban J connectivity index is 1.98. The van der Waals surface area contributed by atoms with E-state index in [0.29, 0.717) is 10.8 Å². The van der Waals surface area contributed by atoms with Gasteiger partial charge in [0.2, 0.25) is 0 Å². The highest BCUT2D eigenvalue weighted by atomic mass is 79.9. The average Bonchev–Trinajstić information content (AvgIpc) is 2.88. The predicted octanol–water partition coefficient (Wildman–Crippen LogP) is 4.78. The number of carbonyl (C=O) groups is 1. The Morgan fingerprint density at radius 2 is 2.13 bits per heavy atom. The second-order valence-corrected chi connectivity index (χ2v) is 8.27. The van der Waals surface area contributed by atoms with Crippen LogP contribution in [0.3, 0.4) is 0 Å². The summed E-state index contributed by atoms with van der Waals surface area (Å²) >= 11 is 10.9. The van der Waals surface area contributed by atoms with Crippen LogP contribution < -0.4 is 10.2 Å². The summed E-state index contributed by atoms with van der Waals surface area (Å²) < 4.78 is 6.76. The van der Waals surface area contributed by atoms with Crippen LogP contribution in [-0.4, -0.2) is 17.7 Å². The third kappa shape index (κ3) is 5.06. The molecule has 7 heteroatoms. The molecule has 0 atom stereocenters. The number of hydrogen-bond donors (Lipinski definition) is 1. The van der Waals surface area contributed by atoms with Gasteiger partial charge in [-0.3, -0.25) is 4.79 Å². The maximum Gasteiger partial charge on any atom is 0.283 e. The SMILES string of the molecule is Cc1cc(OC(C)(C)C(=O)N/N=C\c2ccc(Br)s2)ccc1Cl. The monoisotopic (exact) mass is 414 g/mol. The zero-order valence-corrected chi connectivity index (χ0v) is 16.1. The molecule has 0 aliphatic rings. The van der Waals surface area contributed by atoms with E-state index in [4.69, 9.17) is 16.3 Å². The quantitative estimate of drug-likeness (QED) is 0.564. The van der Waals surface area contributed by atoms with Crippen LogP contribution in [0.2, 0.25) is 5.02 Å². The highest BCUT2D eigenvalue weighted by Gasteiger charge is 2.30. The van der Waals surface area contributed by atoms with E-state index in [-0.39, 0.29) is 5.91 Å². The second-order valence-electron chi connectivity index (χ2n) is 5.36. The Morgan fingerprint density at radius 1 is 1.39 bits per heavy atom. The maximum absolute atomic E-state index is 12.2. The van der Waals surface area contributed by atoms with Crippen molar-refractivity contribution in [3.63, 3.8) is 0 Å². The van der Waals surface area contributed by atoms with Crippen molar-refractivity contribution in [2.24, 2.45) is 5.10 Å². The summed E-state index contributed by atoms with van der Waals surface area (Å²) in [6, 6.07) is 9.10. The molecule has 0 saturated heterocycles. The molecule has 0 aliphatic carbocycles. The molecular formula is C16H16BrClN2O2S. The number of rotatable bonds is 5. The molecular weight excluding hydrogens is 400 g/mol. The average molecular weight is 416 g/mol. The first kappa shape index (κ1) is 18.0. The Labute approximate surface area is 152 Å². The number of carbonyl (C=O) groups excluding carboxylic acids is 1. The maximum atomic E-state index is 12.2. The fraction of sp³-hybridized carbons (Fsp3) is 0.250. The number of benzene rings is 1. The molecule has 1 aromatic heterocycles. The minimum absolute atomic E-state index is 0.336. The van der Waals surface area contributed by atoms with Gasteiger partial charge in [-0.2, -0.15) is 5.10 Å². The number of hydrogen-bond acceptors (Lipinski definition) is 4. The number of thiophene rings is 1. The molecule has 1 heterocycles. The first-order chi connectivity index (χ1) is 10.8. The van der Waals surface area contributed by atoms with E-state index >= 15 is 0 Å². The van der Waals surface area contributed by atoms with Crippen LogP contribution in [0.1, 0.15) is 24.3 Å². The van der Waals surface area contributed by atoms with Gasteiger partial charge in [0.25, 0.3) is 5.91 Å². The van der Waals surface area contributed by atoms with Gasteiger partial charge in [0, 0.05) is 9.90 Å². The van der Waals surface area contributed by atoms with Gasteiger partial charge >= 0.3 is 0 Å². The van der Waals surface area contributed by atoms with Crippen molar-refractivity contribution in [2.75, 3.05) is 0 Å². The smallest absolute Gasteiger partial charge is 0.283 e. The summed E-state index contributed by atoms with van der Waals surface area (Å²) in [6.07, 6.45) is 1.59. The van der Waals surface area contributed by atoms with Gasteiger partial charge in [-0.25, -0.2) is 5.43 Å². The predicted molar refractivity (Wildman–Crippen MR) is 98.7 cm³/mol. The molecule has 1 aromatic carbocycles. The lowest BCUT2D eigenvalue weighted by Crippen LogP contribution is -2.44. The van der Waals surface area contributed by atoms with Crippen LogP contribution >= 0.6 is 38.9 Å². The number of nitrogens with one attached hydrogen (secondary N) is 1. The Morgan fingerprint density at radius 3 is 2.74 bits per heavy atom. The lowest BCUT2D eigenvalue weighted by Gasteiger charge is -2.24. The van der Waals surface area contributed by atoms with Gasteiger partial charge < -0.3 is 4.74 Å². The van der Waals surface area contributed by atoms with E-state index in [1.165, 1.54) is 11.3 Å². The van der Waals surface area contributed by atoms with Crippen LogP contribution in [-0.2, 0) is 4.79 Å². The van der Waals surface area contributed by atoms with Crippen LogP contribution in [0.15, 0.2) is 39.2 Å². The number of amides is 1. The summed E-state index contributed by atoms with van der Waals surface area (Å²) in [7, 11) is 0. The minimum atomic E-state index is -1.06. The first-order valence-corrected chi connectivity index (χ1v) is 8.81. The minimum Gasteiger partial charge on any atom is -0.478 e. The molecule has 0 fully saturated rings. The normalized spacial score (nSPS) is 11.7.